The second-order valence-electron chi connectivity index (χ2n) is 7.93. The summed E-state index contributed by atoms with van der Waals surface area (Å²) >= 11 is 0. The third-order valence-electron chi connectivity index (χ3n) is 6.32. The first-order valence-electron chi connectivity index (χ1n) is 10.1. The molecule has 0 spiro atoms. The molecule has 1 aliphatic carbocycles. The van der Waals surface area contributed by atoms with Gasteiger partial charge in [0.15, 0.2) is 0 Å². The van der Waals surface area contributed by atoms with E-state index in [-0.39, 0.29) is 6.47 Å². The zero-order valence-corrected chi connectivity index (χ0v) is 16.5. The van der Waals surface area contributed by atoms with E-state index in [2.05, 4.69) is 41.1 Å². The number of carbonyl (C=O) groups is 1. The Balaban J connectivity index is 0.000000706. The Bertz CT molecular complexity index is 750. The highest BCUT2D eigenvalue weighted by Gasteiger charge is 2.47. The van der Waals surface area contributed by atoms with Gasteiger partial charge in [0.25, 0.3) is 6.47 Å². The van der Waals surface area contributed by atoms with E-state index in [1.807, 2.05) is 24.4 Å². The van der Waals surface area contributed by atoms with E-state index in [1.165, 1.54) is 24.0 Å². The van der Waals surface area contributed by atoms with Crippen LogP contribution in [0.25, 0.3) is 11.3 Å². The molecule has 3 atom stereocenters. The van der Waals surface area contributed by atoms with Crippen LogP contribution in [0.5, 0.6) is 0 Å². The molecule has 4 rings (SSSR count). The van der Waals surface area contributed by atoms with Crippen LogP contribution in [0, 0.1) is 11.8 Å². The van der Waals surface area contributed by atoms with Crippen molar-refractivity contribution < 1.29 is 15.0 Å². The van der Waals surface area contributed by atoms with Crippen LogP contribution in [0.2, 0.25) is 0 Å². The van der Waals surface area contributed by atoms with Gasteiger partial charge in [-0.15, -0.1) is 0 Å². The number of likely N-dealkylation sites (tertiary alicyclic amines) is 1. The van der Waals surface area contributed by atoms with Crippen molar-refractivity contribution in [2.75, 3.05) is 13.1 Å². The fourth-order valence-corrected chi connectivity index (χ4v) is 4.86. The molecule has 1 saturated heterocycles. The molecule has 28 heavy (non-hydrogen) atoms. The number of hydrogen-bond acceptors (Lipinski definition) is 4. The van der Waals surface area contributed by atoms with Gasteiger partial charge in [0.2, 0.25) is 0 Å². The van der Waals surface area contributed by atoms with Gasteiger partial charge >= 0.3 is 0 Å². The molecule has 5 nitrogen and oxygen atoms in total. The van der Waals surface area contributed by atoms with Crippen molar-refractivity contribution in [1.29, 1.82) is 0 Å². The molecular formula is C23H30N2O3. The molecule has 150 valence electrons. The predicted octanol–water partition coefficient (Wildman–Crippen LogP) is 3.82. The number of rotatable bonds is 4. The summed E-state index contributed by atoms with van der Waals surface area (Å²) in [6, 6.07) is 14.8. The SMILES string of the molecule is CC[C@]1(O)CCC[C@H]2CN(Cc3ccc(-c4ccccn4)cc3)C[C@H]21.O=CO. The second kappa shape index (κ2) is 9.30. The summed E-state index contributed by atoms with van der Waals surface area (Å²) in [6.45, 7) is 5.04. The Labute approximate surface area is 167 Å². The summed E-state index contributed by atoms with van der Waals surface area (Å²) in [5.74, 6) is 1.13. The average Bonchev–Trinajstić information content (AvgIpc) is 3.14. The van der Waals surface area contributed by atoms with E-state index in [4.69, 9.17) is 9.90 Å². The van der Waals surface area contributed by atoms with Crippen molar-refractivity contribution in [3.05, 3.63) is 54.2 Å². The molecule has 2 heterocycles. The van der Waals surface area contributed by atoms with Crippen LogP contribution in [0.4, 0.5) is 0 Å². The summed E-state index contributed by atoms with van der Waals surface area (Å²) in [6.07, 6.45) is 6.17. The Hall–Kier alpha value is -2.24. The largest absolute Gasteiger partial charge is 0.483 e. The van der Waals surface area contributed by atoms with Gasteiger partial charge in [0.1, 0.15) is 0 Å². The normalized spacial score (nSPS) is 26.8. The molecule has 1 aliphatic heterocycles. The average molecular weight is 383 g/mol. The number of benzene rings is 1. The molecule has 2 aliphatic rings. The molecule has 0 radical (unpaired) electrons. The minimum atomic E-state index is -0.430. The van der Waals surface area contributed by atoms with Crippen LogP contribution >= 0.6 is 0 Å². The van der Waals surface area contributed by atoms with Crippen LogP contribution in [-0.2, 0) is 11.3 Å². The van der Waals surface area contributed by atoms with Crippen molar-refractivity contribution in [1.82, 2.24) is 9.88 Å². The summed E-state index contributed by atoms with van der Waals surface area (Å²) < 4.78 is 0. The third kappa shape index (κ3) is 4.59. The van der Waals surface area contributed by atoms with E-state index in [0.717, 1.165) is 38.2 Å². The lowest BCUT2D eigenvalue weighted by Crippen LogP contribution is -2.44. The molecule has 2 fully saturated rings. The van der Waals surface area contributed by atoms with E-state index >= 15 is 0 Å². The molecule has 1 aromatic carbocycles. The molecule has 5 heteroatoms. The summed E-state index contributed by atoms with van der Waals surface area (Å²) in [5.41, 5.74) is 3.10. The topological polar surface area (TPSA) is 73.7 Å². The van der Waals surface area contributed by atoms with Crippen LogP contribution < -0.4 is 0 Å². The van der Waals surface area contributed by atoms with Gasteiger partial charge in [-0.3, -0.25) is 14.7 Å². The highest BCUT2D eigenvalue weighted by atomic mass is 16.3. The van der Waals surface area contributed by atoms with Crippen LogP contribution in [-0.4, -0.2) is 45.3 Å². The number of fused-ring (bicyclic) bond motifs is 1. The van der Waals surface area contributed by atoms with Gasteiger partial charge in [-0.2, -0.15) is 0 Å². The second-order valence-corrected chi connectivity index (χ2v) is 7.93. The first kappa shape index (κ1) is 20.5. The molecule has 2 N–H and O–H groups in total. The van der Waals surface area contributed by atoms with E-state index in [0.29, 0.717) is 11.8 Å². The molecule has 2 aromatic rings. The van der Waals surface area contributed by atoms with Crippen LogP contribution in [0.3, 0.4) is 0 Å². The lowest BCUT2D eigenvalue weighted by atomic mass is 9.69. The fraction of sp³-hybridized carbons (Fsp3) is 0.478. The van der Waals surface area contributed by atoms with Crippen molar-refractivity contribution >= 4 is 6.47 Å². The summed E-state index contributed by atoms with van der Waals surface area (Å²) in [4.78, 5) is 15.3. The van der Waals surface area contributed by atoms with Crippen LogP contribution in [0.1, 0.15) is 38.2 Å². The minimum Gasteiger partial charge on any atom is -0.483 e. The Kier molecular flexibility index (Phi) is 6.81. The zero-order chi connectivity index (χ0) is 20.0. The number of nitrogens with zero attached hydrogens (tertiary/aromatic N) is 2. The first-order chi connectivity index (χ1) is 13.6. The standard InChI is InChI=1S/C22H28N2O.CH2O2/c1-2-22(25)12-5-6-19-15-24(16-20(19)22)14-17-8-10-18(11-9-17)21-7-3-4-13-23-21;2-1-3/h3-4,7-11,13,19-20,25H,2,5-6,12,14-16H2,1H3;1H,(H,2,3)/t19-,20+,22-;/m0./s1. The van der Waals surface area contributed by atoms with Crippen molar-refractivity contribution in [3.63, 3.8) is 0 Å². The van der Waals surface area contributed by atoms with E-state index in [1.54, 1.807) is 0 Å². The summed E-state index contributed by atoms with van der Waals surface area (Å²) in [5, 5.41) is 17.9. The van der Waals surface area contributed by atoms with Crippen molar-refractivity contribution in [2.45, 2.75) is 44.8 Å². The molecule has 0 amide bonds. The lowest BCUT2D eigenvalue weighted by molar-refractivity contribution is -0.122. The first-order valence-corrected chi connectivity index (χ1v) is 10.1. The van der Waals surface area contributed by atoms with Gasteiger partial charge < -0.3 is 10.2 Å². The van der Waals surface area contributed by atoms with E-state index < -0.39 is 5.60 Å². The Morgan fingerprint density at radius 3 is 2.61 bits per heavy atom. The molecular weight excluding hydrogens is 352 g/mol. The molecule has 1 saturated carbocycles. The van der Waals surface area contributed by atoms with Crippen LogP contribution in [0.15, 0.2) is 48.7 Å². The van der Waals surface area contributed by atoms with Crippen molar-refractivity contribution in [2.24, 2.45) is 11.8 Å². The van der Waals surface area contributed by atoms with Gasteiger partial charge in [0.05, 0.1) is 11.3 Å². The minimum absolute atomic E-state index is 0.250. The third-order valence-corrected chi connectivity index (χ3v) is 6.32. The van der Waals surface area contributed by atoms with Gasteiger partial charge in [-0.25, -0.2) is 0 Å². The zero-order valence-electron chi connectivity index (χ0n) is 16.5. The van der Waals surface area contributed by atoms with E-state index in [9.17, 15) is 5.11 Å². The molecule has 0 bridgehead atoms. The maximum absolute atomic E-state index is 11.0. The number of carboxylic acid groups (broad SMARTS) is 1. The number of pyridine rings is 1. The number of aromatic nitrogens is 1. The van der Waals surface area contributed by atoms with Crippen molar-refractivity contribution in [3.8, 4) is 11.3 Å². The van der Waals surface area contributed by atoms with Gasteiger partial charge in [0, 0.05) is 37.3 Å². The highest BCUT2D eigenvalue weighted by molar-refractivity contribution is 5.58. The Morgan fingerprint density at radius 2 is 1.96 bits per heavy atom. The highest BCUT2D eigenvalue weighted by Crippen LogP contribution is 2.44. The smallest absolute Gasteiger partial charge is 0.290 e. The molecule has 0 unspecified atom stereocenters. The predicted molar refractivity (Wildman–Crippen MR) is 110 cm³/mol. The molecule has 1 aromatic heterocycles. The van der Waals surface area contributed by atoms with Gasteiger partial charge in [-0.05, 0) is 42.9 Å². The Morgan fingerprint density at radius 1 is 1.21 bits per heavy atom. The number of hydrogen-bond donors (Lipinski definition) is 2. The monoisotopic (exact) mass is 382 g/mol. The maximum atomic E-state index is 11.0. The maximum Gasteiger partial charge on any atom is 0.290 e. The number of aliphatic hydroxyl groups is 1. The summed E-state index contributed by atoms with van der Waals surface area (Å²) in [7, 11) is 0. The fourth-order valence-electron chi connectivity index (χ4n) is 4.86. The quantitative estimate of drug-likeness (QED) is 0.787. The van der Waals surface area contributed by atoms with Gasteiger partial charge in [-0.1, -0.05) is 43.7 Å². The lowest BCUT2D eigenvalue weighted by Gasteiger charge is -2.40.